The van der Waals surface area contributed by atoms with Crippen LogP contribution < -0.4 is 10.6 Å². The average molecular weight is 288 g/mol. The third kappa shape index (κ3) is 2.69. The van der Waals surface area contributed by atoms with Crippen LogP contribution in [0.4, 0.5) is 10.1 Å². The van der Waals surface area contributed by atoms with Crippen molar-refractivity contribution >= 4 is 11.6 Å². The molecule has 0 fully saturated rings. The van der Waals surface area contributed by atoms with Crippen LogP contribution in [-0.4, -0.2) is 12.5 Å². The highest BCUT2D eigenvalue weighted by Crippen LogP contribution is 2.31. The van der Waals surface area contributed by atoms with E-state index in [-0.39, 0.29) is 17.8 Å². The van der Waals surface area contributed by atoms with Gasteiger partial charge >= 0.3 is 0 Å². The highest BCUT2D eigenvalue weighted by atomic mass is 19.1. The van der Waals surface area contributed by atoms with Crippen molar-refractivity contribution in [1.82, 2.24) is 5.32 Å². The van der Waals surface area contributed by atoms with Crippen LogP contribution in [0.2, 0.25) is 0 Å². The first-order valence-electron chi connectivity index (χ1n) is 7.08. The summed E-state index contributed by atoms with van der Waals surface area (Å²) in [5.41, 5.74) is 2.07. The Kier molecular flexibility index (Phi) is 3.75. The molecule has 5 heteroatoms. The fourth-order valence-electron chi connectivity index (χ4n) is 2.67. The van der Waals surface area contributed by atoms with Gasteiger partial charge in [-0.15, -0.1) is 0 Å². The largest absolute Gasteiger partial charge is 0.467 e. The molecule has 1 amide bonds. The number of anilines is 1. The summed E-state index contributed by atoms with van der Waals surface area (Å²) in [6, 6.07) is 6.51. The van der Waals surface area contributed by atoms with Crippen LogP contribution in [-0.2, 0) is 11.2 Å². The molecule has 1 aliphatic heterocycles. The molecule has 0 bridgehead atoms. The van der Waals surface area contributed by atoms with E-state index in [0.717, 1.165) is 5.56 Å². The molecule has 110 valence electrons. The van der Waals surface area contributed by atoms with Crippen molar-refractivity contribution in [2.45, 2.75) is 25.8 Å². The number of rotatable bonds is 4. The van der Waals surface area contributed by atoms with Gasteiger partial charge in [0.1, 0.15) is 11.6 Å². The first-order valence-corrected chi connectivity index (χ1v) is 7.08. The lowest BCUT2D eigenvalue weighted by Gasteiger charge is -2.22. The minimum absolute atomic E-state index is 0.0658. The Bertz CT molecular complexity index is 653. The van der Waals surface area contributed by atoms with Gasteiger partial charge in [0.2, 0.25) is 5.91 Å². The second-order valence-corrected chi connectivity index (χ2v) is 5.09. The van der Waals surface area contributed by atoms with Crippen molar-refractivity contribution in [2.75, 3.05) is 11.9 Å². The minimum atomic E-state index is -0.349. The Morgan fingerprint density at radius 3 is 3.00 bits per heavy atom. The standard InChI is InChI=1S/C16H17FN2O2/c1-2-18-16(14-4-3-7-21-14)11-8-10-5-6-15(20)19-13(10)9-12(11)17/h3-4,7-9,16,18H,2,5-6H2,1H3,(H,19,20). The lowest BCUT2D eigenvalue weighted by molar-refractivity contribution is -0.116. The number of hydrogen-bond acceptors (Lipinski definition) is 3. The molecule has 1 unspecified atom stereocenters. The molecule has 0 radical (unpaired) electrons. The van der Waals surface area contributed by atoms with E-state index in [1.165, 1.54) is 6.07 Å². The second-order valence-electron chi connectivity index (χ2n) is 5.09. The Morgan fingerprint density at radius 2 is 2.29 bits per heavy atom. The van der Waals surface area contributed by atoms with E-state index in [4.69, 9.17) is 4.42 Å². The molecule has 21 heavy (non-hydrogen) atoms. The van der Waals surface area contributed by atoms with Crippen LogP contribution in [0.5, 0.6) is 0 Å². The van der Waals surface area contributed by atoms with Crippen molar-refractivity contribution < 1.29 is 13.6 Å². The number of benzene rings is 1. The first kappa shape index (κ1) is 13.8. The summed E-state index contributed by atoms with van der Waals surface area (Å²) in [6.07, 6.45) is 2.65. The van der Waals surface area contributed by atoms with Gasteiger partial charge in [-0.05, 0) is 42.8 Å². The Balaban J connectivity index is 2.02. The molecule has 2 aromatic rings. The zero-order valence-corrected chi connectivity index (χ0v) is 11.8. The number of amides is 1. The summed E-state index contributed by atoms with van der Waals surface area (Å²) < 4.78 is 19.9. The topological polar surface area (TPSA) is 54.3 Å². The van der Waals surface area contributed by atoms with Gasteiger partial charge in [-0.25, -0.2) is 4.39 Å². The summed E-state index contributed by atoms with van der Waals surface area (Å²) in [5, 5.41) is 5.95. The molecule has 2 heterocycles. The first-order chi connectivity index (χ1) is 10.2. The van der Waals surface area contributed by atoms with E-state index in [1.54, 1.807) is 12.3 Å². The molecular formula is C16H17FN2O2. The molecule has 0 aliphatic carbocycles. The molecule has 3 rings (SSSR count). The van der Waals surface area contributed by atoms with Crippen LogP contribution in [0.1, 0.15) is 36.3 Å². The quantitative estimate of drug-likeness (QED) is 0.909. The third-order valence-electron chi connectivity index (χ3n) is 3.66. The monoisotopic (exact) mass is 288 g/mol. The van der Waals surface area contributed by atoms with Crippen LogP contribution in [0.15, 0.2) is 34.9 Å². The molecule has 0 spiro atoms. The van der Waals surface area contributed by atoms with E-state index >= 15 is 0 Å². The Labute approximate surface area is 122 Å². The maximum absolute atomic E-state index is 14.4. The van der Waals surface area contributed by atoms with E-state index in [0.29, 0.717) is 36.4 Å². The predicted octanol–water partition coefficient (Wildman–Crippen LogP) is 3.00. The summed E-state index contributed by atoms with van der Waals surface area (Å²) in [5.74, 6) is 0.262. The maximum Gasteiger partial charge on any atom is 0.224 e. The lowest BCUT2D eigenvalue weighted by atomic mass is 9.95. The van der Waals surface area contributed by atoms with Crippen LogP contribution >= 0.6 is 0 Å². The van der Waals surface area contributed by atoms with Crippen LogP contribution in [0.25, 0.3) is 0 Å². The number of hydrogen-bond donors (Lipinski definition) is 2. The van der Waals surface area contributed by atoms with Gasteiger partial charge in [-0.3, -0.25) is 4.79 Å². The lowest BCUT2D eigenvalue weighted by Crippen LogP contribution is -2.24. The summed E-state index contributed by atoms with van der Waals surface area (Å²) in [7, 11) is 0. The van der Waals surface area contributed by atoms with Crippen molar-refractivity contribution in [1.29, 1.82) is 0 Å². The van der Waals surface area contributed by atoms with Crippen molar-refractivity contribution in [3.63, 3.8) is 0 Å². The van der Waals surface area contributed by atoms with Gasteiger partial charge in [0.25, 0.3) is 0 Å². The van der Waals surface area contributed by atoms with Gasteiger partial charge in [-0.1, -0.05) is 6.92 Å². The van der Waals surface area contributed by atoms with E-state index < -0.39 is 0 Å². The van der Waals surface area contributed by atoms with E-state index in [1.807, 2.05) is 19.1 Å². The molecule has 4 nitrogen and oxygen atoms in total. The van der Waals surface area contributed by atoms with Gasteiger partial charge in [0.05, 0.1) is 12.3 Å². The Hall–Kier alpha value is -2.14. The van der Waals surface area contributed by atoms with Crippen molar-refractivity contribution in [3.05, 3.63) is 53.2 Å². The second kappa shape index (κ2) is 5.69. The number of carbonyl (C=O) groups excluding carboxylic acids is 1. The van der Waals surface area contributed by atoms with Crippen molar-refractivity contribution in [2.24, 2.45) is 0 Å². The highest BCUT2D eigenvalue weighted by Gasteiger charge is 2.23. The van der Waals surface area contributed by atoms with E-state index in [9.17, 15) is 9.18 Å². The fourth-order valence-corrected chi connectivity index (χ4v) is 2.67. The Morgan fingerprint density at radius 1 is 1.43 bits per heavy atom. The molecular weight excluding hydrogens is 271 g/mol. The molecule has 1 atom stereocenters. The summed E-state index contributed by atoms with van der Waals surface area (Å²) >= 11 is 0. The summed E-state index contributed by atoms with van der Waals surface area (Å²) in [6.45, 7) is 2.66. The molecule has 1 aliphatic rings. The van der Waals surface area contributed by atoms with Gasteiger partial charge in [-0.2, -0.15) is 0 Å². The highest BCUT2D eigenvalue weighted by molar-refractivity contribution is 5.93. The maximum atomic E-state index is 14.4. The zero-order valence-electron chi connectivity index (χ0n) is 11.8. The number of aryl methyl sites for hydroxylation is 1. The molecule has 2 N–H and O–H groups in total. The summed E-state index contributed by atoms with van der Waals surface area (Å²) in [4.78, 5) is 11.4. The van der Waals surface area contributed by atoms with Gasteiger partial charge < -0.3 is 15.1 Å². The zero-order chi connectivity index (χ0) is 14.8. The van der Waals surface area contributed by atoms with Crippen LogP contribution in [0.3, 0.4) is 0 Å². The molecule has 1 aromatic heterocycles. The average Bonchev–Trinajstić information content (AvgIpc) is 2.98. The number of fused-ring (bicyclic) bond motifs is 1. The number of furan rings is 1. The minimum Gasteiger partial charge on any atom is -0.467 e. The molecule has 1 aromatic carbocycles. The normalized spacial score (nSPS) is 15.4. The SMILES string of the molecule is CCNC(c1ccco1)c1cc2c(cc1F)NC(=O)CC2. The van der Waals surface area contributed by atoms with Crippen LogP contribution in [0, 0.1) is 5.82 Å². The predicted molar refractivity (Wildman–Crippen MR) is 77.6 cm³/mol. The fraction of sp³-hybridized carbons (Fsp3) is 0.312. The molecule has 0 saturated carbocycles. The van der Waals surface area contributed by atoms with Gasteiger partial charge in [0.15, 0.2) is 0 Å². The smallest absolute Gasteiger partial charge is 0.224 e. The van der Waals surface area contributed by atoms with Gasteiger partial charge in [0, 0.05) is 17.7 Å². The number of carbonyl (C=O) groups is 1. The third-order valence-corrected chi connectivity index (χ3v) is 3.66. The van der Waals surface area contributed by atoms with E-state index in [2.05, 4.69) is 10.6 Å². The number of nitrogens with one attached hydrogen (secondary N) is 2. The van der Waals surface area contributed by atoms with Crippen molar-refractivity contribution in [3.8, 4) is 0 Å². The molecule has 0 saturated heterocycles. The number of halogens is 1.